The summed E-state index contributed by atoms with van der Waals surface area (Å²) in [5, 5.41) is 8.48. The van der Waals surface area contributed by atoms with Gasteiger partial charge in [-0.25, -0.2) is 8.78 Å². The number of alkyl halides is 3. The molecule has 0 aromatic carbocycles. The summed E-state index contributed by atoms with van der Waals surface area (Å²) < 4.78 is 25.2. The van der Waals surface area contributed by atoms with Crippen LogP contribution in [0.25, 0.3) is 0 Å². The van der Waals surface area contributed by atoms with Gasteiger partial charge in [-0.05, 0) is 12.8 Å². The van der Waals surface area contributed by atoms with E-state index in [4.69, 9.17) is 16.7 Å². The van der Waals surface area contributed by atoms with E-state index in [1.807, 2.05) is 0 Å². The molecule has 0 radical (unpaired) electrons. The molecule has 1 N–H and O–H groups in total. The Balaban J connectivity index is 4.53. The molecule has 0 aliphatic rings. The summed E-state index contributed by atoms with van der Waals surface area (Å²) in [6.07, 6.45) is -2.99. The molecule has 1 unspecified atom stereocenters. The van der Waals surface area contributed by atoms with Crippen molar-refractivity contribution in [1.29, 1.82) is 0 Å². The SMILES string of the molecule is CCC(CCCl)(CC(=O)O)C(F)F. The topological polar surface area (TPSA) is 37.3 Å². The van der Waals surface area contributed by atoms with Gasteiger partial charge in [-0.2, -0.15) is 0 Å². The van der Waals surface area contributed by atoms with Crippen LogP contribution in [0.2, 0.25) is 0 Å². The fraction of sp³-hybridized carbons (Fsp3) is 0.875. The van der Waals surface area contributed by atoms with Gasteiger partial charge in [0.15, 0.2) is 0 Å². The highest BCUT2D eigenvalue weighted by Crippen LogP contribution is 2.37. The van der Waals surface area contributed by atoms with E-state index in [0.717, 1.165) is 0 Å². The fourth-order valence-corrected chi connectivity index (χ4v) is 1.60. The van der Waals surface area contributed by atoms with Gasteiger partial charge in [0.05, 0.1) is 6.42 Å². The Morgan fingerprint density at radius 2 is 2.15 bits per heavy atom. The van der Waals surface area contributed by atoms with Crippen LogP contribution in [-0.2, 0) is 4.79 Å². The summed E-state index contributed by atoms with van der Waals surface area (Å²) in [6, 6.07) is 0. The average molecular weight is 215 g/mol. The standard InChI is InChI=1S/C8H13ClF2O2/c1-2-8(3-4-9,7(10)11)5-6(12)13/h7H,2-5H2,1H3,(H,12,13). The molecular weight excluding hydrogens is 202 g/mol. The van der Waals surface area contributed by atoms with Crippen molar-refractivity contribution in [3.63, 3.8) is 0 Å². The van der Waals surface area contributed by atoms with E-state index < -0.39 is 24.2 Å². The Morgan fingerprint density at radius 1 is 1.62 bits per heavy atom. The number of carboxylic acid groups (broad SMARTS) is 1. The van der Waals surface area contributed by atoms with E-state index in [2.05, 4.69) is 0 Å². The third-order valence-electron chi connectivity index (χ3n) is 2.26. The number of rotatable bonds is 6. The minimum absolute atomic E-state index is 0.0367. The molecule has 0 heterocycles. The van der Waals surface area contributed by atoms with Crippen molar-refractivity contribution in [3.05, 3.63) is 0 Å². The first-order valence-corrected chi connectivity index (χ1v) is 4.58. The Bertz CT molecular complexity index is 176. The normalized spacial score (nSPS) is 15.8. The molecule has 1 atom stereocenters. The van der Waals surface area contributed by atoms with Crippen LogP contribution in [0.4, 0.5) is 8.78 Å². The zero-order valence-electron chi connectivity index (χ0n) is 7.40. The number of hydrogen-bond donors (Lipinski definition) is 1. The van der Waals surface area contributed by atoms with E-state index in [1.165, 1.54) is 0 Å². The number of carboxylic acids is 1. The molecule has 0 spiro atoms. The molecule has 0 aromatic heterocycles. The lowest BCUT2D eigenvalue weighted by Gasteiger charge is -2.29. The van der Waals surface area contributed by atoms with E-state index in [-0.39, 0.29) is 18.7 Å². The third-order valence-corrected chi connectivity index (χ3v) is 2.45. The molecule has 0 aliphatic heterocycles. The monoisotopic (exact) mass is 214 g/mol. The van der Waals surface area contributed by atoms with Crippen LogP contribution < -0.4 is 0 Å². The van der Waals surface area contributed by atoms with Crippen molar-refractivity contribution < 1.29 is 18.7 Å². The lowest BCUT2D eigenvalue weighted by atomic mass is 9.79. The zero-order chi connectivity index (χ0) is 10.5. The molecule has 0 amide bonds. The van der Waals surface area contributed by atoms with Gasteiger partial charge in [-0.3, -0.25) is 4.79 Å². The van der Waals surface area contributed by atoms with Crippen LogP contribution in [-0.4, -0.2) is 23.4 Å². The molecule has 0 saturated carbocycles. The predicted octanol–water partition coefficient (Wildman–Crippen LogP) is 2.75. The quantitative estimate of drug-likeness (QED) is 0.691. The van der Waals surface area contributed by atoms with Gasteiger partial charge in [0, 0.05) is 11.3 Å². The summed E-state index contributed by atoms with van der Waals surface area (Å²) in [7, 11) is 0. The van der Waals surface area contributed by atoms with Crippen LogP contribution in [0.15, 0.2) is 0 Å². The molecule has 13 heavy (non-hydrogen) atoms. The van der Waals surface area contributed by atoms with Gasteiger partial charge in [0.1, 0.15) is 0 Å². The van der Waals surface area contributed by atoms with E-state index in [1.54, 1.807) is 6.92 Å². The summed E-state index contributed by atoms with van der Waals surface area (Å²) in [5.74, 6) is -1.14. The number of aliphatic carboxylic acids is 1. The van der Waals surface area contributed by atoms with E-state index in [9.17, 15) is 13.6 Å². The first-order valence-electron chi connectivity index (χ1n) is 4.04. The highest BCUT2D eigenvalue weighted by molar-refractivity contribution is 6.17. The zero-order valence-corrected chi connectivity index (χ0v) is 8.15. The third kappa shape index (κ3) is 3.46. The van der Waals surface area contributed by atoms with Gasteiger partial charge in [0.2, 0.25) is 6.43 Å². The van der Waals surface area contributed by atoms with Crippen molar-refractivity contribution in [2.24, 2.45) is 5.41 Å². The van der Waals surface area contributed by atoms with Crippen molar-refractivity contribution >= 4 is 17.6 Å². The lowest BCUT2D eigenvalue weighted by Crippen LogP contribution is -2.32. The number of halogens is 3. The number of carbonyl (C=O) groups is 1. The number of hydrogen-bond acceptors (Lipinski definition) is 1. The first kappa shape index (κ1) is 12.6. The summed E-state index contributed by atoms with van der Waals surface area (Å²) in [6.45, 7) is 1.56. The van der Waals surface area contributed by atoms with E-state index >= 15 is 0 Å². The maximum Gasteiger partial charge on any atom is 0.304 e. The second kappa shape index (κ2) is 5.37. The minimum Gasteiger partial charge on any atom is -0.481 e. The van der Waals surface area contributed by atoms with Crippen LogP contribution in [0.1, 0.15) is 26.2 Å². The molecule has 2 nitrogen and oxygen atoms in total. The second-order valence-electron chi connectivity index (χ2n) is 3.03. The predicted molar refractivity (Wildman–Crippen MR) is 46.3 cm³/mol. The van der Waals surface area contributed by atoms with Crippen LogP contribution in [0.3, 0.4) is 0 Å². The fourth-order valence-electron chi connectivity index (χ4n) is 1.22. The summed E-state index contributed by atoms with van der Waals surface area (Å²) >= 11 is 5.37. The second-order valence-corrected chi connectivity index (χ2v) is 3.40. The molecular formula is C8H13ClF2O2. The first-order chi connectivity index (χ1) is 5.98. The van der Waals surface area contributed by atoms with Crippen LogP contribution in [0, 0.1) is 5.41 Å². The highest BCUT2D eigenvalue weighted by atomic mass is 35.5. The molecule has 5 heteroatoms. The molecule has 0 bridgehead atoms. The summed E-state index contributed by atoms with van der Waals surface area (Å²) in [5.41, 5.74) is -1.45. The van der Waals surface area contributed by atoms with Crippen molar-refractivity contribution in [2.45, 2.75) is 32.6 Å². The van der Waals surface area contributed by atoms with Gasteiger partial charge in [0.25, 0.3) is 0 Å². The Labute approximate surface area is 80.9 Å². The van der Waals surface area contributed by atoms with Gasteiger partial charge >= 0.3 is 5.97 Å². The Kier molecular flexibility index (Phi) is 5.21. The Hall–Kier alpha value is -0.380. The van der Waals surface area contributed by atoms with Crippen molar-refractivity contribution in [2.75, 3.05) is 5.88 Å². The van der Waals surface area contributed by atoms with E-state index in [0.29, 0.717) is 0 Å². The van der Waals surface area contributed by atoms with Gasteiger partial charge in [-0.15, -0.1) is 11.6 Å². The summed E-state index contributed by atoms with van der Waals surface area (Å²) in [4.78, 5) is 10.4. The molecule has 0 rings (SSSR count). The highest BCUT2D eigenvalue weighted by Gasteiger charge is 2.39. The maximum absolute atomic E-state index is 12.6. The largest absolute Gasteiger partial charge is 0.481 e. The molecule has 0 fully saturated rings. The van der Waals surface area contributed by atoms with Gasteiger partial charge < -0.3 is 5.11 Å². The van der Waals surface area contributed by atoms with Crippen molar-refractivity contribution in [1.82, 2.24) is 0 Å². The maximum atomic E-state index is 12.6. The van der Waals surface area contributed by atoms with Gasteiger partial charge in [-0.1, -0.05) is 6.92 Å². The van der Waals surface area contributed by atoms with Crippen LogP contribution in [0.5, 0.6) is 0 Å². The van der Waals surface area contributed by atoms with Crippen LogP contribution >= 0.6 is 11.6 Å². The minimum atomic E-state index is -2.63. The van der Waals surface area contributed by atoms with Crippen molar-refractivity contribution in [3.8, 4) is 0 Å². The molecule has 78 valence electrons. The molecule has 0 saturated heterocycles. The smallest absolute Gasteiger partial charge is 0.304 e. The molecule has 0 aliphatic carbocycles. The Morgan fingerprint density at radius 3 is 2.38 bits per heavy atom. The average Bonchev–Trinajstić information content (AvgIpc) is 2.02. The molecule has 0 aromatic rings. The lowest BCUT2D eigenvalue weighted by molar-refractivity contribution is -0.143.